The molecule has 1 fully saturated rings. The van der Waals surface area contributed by atoms with Crippen molar-refractivity contribution in [3.8, 4) is 10.6 Å². The van der Waals surface area contributed by atoms with Crippen LogP contribution < -0.4 is 10.2 Å². The summed E-state index contributed by atoms with van der Waals surface area (Å²) in [5.74, 6) is -0.488. The Morgan fingerprint density at radius 1 is 1.11 bits per heavy atom. The summed E-state index contributed by atoms with van der Waals surface area (Å²) in [6, 6.07) is 13.9. The monoisotopic (exact) mass is 397 g/mol. The van der Waals surface area contributed by atoms with Gasteiger partial charge in [-0.25, -0.2) is 9.37 Å². The molecule has 144 valence electrons. The zero-order valence-corrected chi connectivity index (χ0v) is 16.3. The quantitative estimate of drug-likeness (QED) is 0.711. The molecule has 0 radical (unpaired) electrons. The normalized spacial score (nSPS) is 14.1. The number of halogens is 1. The lowest BCUT2D eigenvalue weighted by molar-refractivity contribution is 0.103. The highest BCUT2D eigenvalue weighted by Gasteiger charge is 2.17. The van der Waals surface area contributed by atoms with Crippen LogP contribution in [0, 0.1) is 12.7 Å². The van der Waals surface area contributed by atoms with E-state index in [0.29, 0.717) is 15.6 Å². The fourth-order valence-electron chi connectivity index (χ4n) is 3.09. The molecule has 0 spiro atoms. The molecule has 0 atom stereocenters. The Kier molecular flexibility index (Phi) is 5.36. The van der Waals surface area contributed by atoms with E-state index in [9.17, 15) is 9.18 Å². The van der Waals surface area contributed by atoms with E-state index in [4.69, 9.17) is 4.74 Å². The number of aryl methyl sites for hydroxylation is 1. The van der Waals surface area contributed by atoms with E-state index in [1.54, 1.807) is 19.1 Å². The van der Waals surface area contributed by atoms with Crippen molar-refractivity contribution in [2.24, 2.45) is 0 Å². The number of rotatable bonds is 4. The molecule has 0 saturated carbocycles. The van der Waals surface area contributed by atoms with Crippen molar-refractivity contribution >= 4 is 28.6 Å². The van der Waals surface area contributed by atoms with Gasteiger partial charge in [0.15, 0.2) is 0 Å². The number of anilines is 2. The Morgan fingerprint density at radius 3 is 2.46 bits per heavy atom. The predicted octanol–water partition coefficient (Wildman–Crippen LogP) is 4.35. The second-order valence-electron chi connectivity index (χ2n) is 6.54. The molecule has 2 aromatic carbocycles. The molecule has 1 aromatic heterocycles. The smallest absolute Gasteiger partial charge is 0.267 e. The minimum atomic E-state index is -0.296. The molecule has 2 heterocycles. The van der Waals surface area contributed by atoms with Gasteiger partial charge in [0.1, 0.15) is 15.7 Å². The van der Waals surface area contributed by atoms with Gasteiger partial charge in [-0.1, -0.05) is 0 Å². The number of benzene rings is 2. The van der Waals surface area contributed by atoms with Crippen molar-refractivity contribution in [3.63, 3.8) is 0 Å². The zero-order chi connectivity index (χ0) is 19.5. The third-order valence-electron chi connectivity index (χ3n) is 4.60. The van der Waals surface area contributed by atoms with Gasteiger partial charge in [-0.05, 0) is 55.5 Å². The Hall–Kier alpha value is -2.77. The number of hydrogen-bond acceptors (Lipinski definition) is 5. The van der Waals surface area contributed by atoms with Crippen LogP contribution in [0.5, 0.6) is 0 Å². The Balaban J connectivity index is 1.47. The van der Waals surface area contributed by atoms with Crippen LogP contribution in [0.4, 0.5) is 15.8 Å². The number of amides is 1. The minimum absolute atomic E-state index is 0.192. The van der Waals surface area contributed by atoms with Gasteiger partial charge in [-0.15, -0.1) is 11.3 Å². The summed E-state index contributed by atoms with van der Waals surface area (Å²) in [4.78, 5) is 20.0. The lowest BCUT2D eigenvalue weighted by Gasteiger charge is -2.28. The lowest BCUT2D eigenvalue weighted by Crippen LogP contribution is -2.36. The summed E-state index contributed by atoms with van der Waals surface area (Å²) >= 11 is 1.30. The standard InChI is InChI=1S/C21H20FN3O2S/c1-14-19(28-21(23-14)15-2-4-16(22)5-3-15)20(26)24-17-6-8-18(9-7-17)25-10-12-27-13-11-25/h2-9H,10-13H2,1H3,(H,24,26). The first-order valence-corrected chi connectivity index (χ1v) is 9.89. The largest absolute Gasteiger partial charge is 0.378 e. The third-order valence-corrected chi connectivity index (χ3v) is 5.80. The highest BCUT2D eigenvalue weighted by Crippen LogP contribution is 2.29. The topological polar surface area (TPSA) is 54.5 Å². The van der Waals surface area contributed by atoms with E-state index in [-0.39, 0.29) is 11.7 Å². The maximum Gasteiger partial charge on any atom is 0.267 e. The highest BCUT2D eigenvalue weighted by atomic mass is 32.1. The van der Waals surface area contributed by atoms with Gasteiger partial charge < -0.3 is 15.0 Å². The molecule has 1 amide bonds. The summed E-state index contributed by atoms with van der Waals surface area (Å²) in [5, 5.41) is 3.63. The van der Waals surface area contributed by atoms with Crippen LogP contribution in [-0.4, -0.2) is 37.2 Å². The van der Waals surface area contributed by atoms with E-state index in [1.165, 1.54) is 23.5 Å². The summed E-state index contributed by atoms with van der Waals surface area (Å²) in [6.45, 7) is 5.02. The molecule has 0 unspecified atom stereocenters. The number of nitrogens with one attached hydrogen (secondary N) is 1. The second-order valence-corrected chi connectivity index (χ2v) is 7.54. The fraction of sp³-hybridized carbons (Fsp3) is 0.238. The number of nitrogens with zero attached hydrogens (tertiary/aromatic N) is 2. The average molecular weight is 397 g/mol. The van der Waals surface area contributed by atoms with Crippen LogP contribution in [0.3, 0.4) is 0 Å². The van der Waals surface area contributed by atoms with Crippen molar-refractivity contribution < 1.29 is 13.9 Å². The predicted molar refractivity (Wildman–Crippen MR) is 110 cm³/mol. The summed E-state index contributed by atoms with van der Waals surface area (Å²) in [6.07, 6.45) is 0. The first-order chi connectivity index (χ1) is 13.6. The zero-order valence-electron chi connectivity index (χ0n) is 15.4. The van der Waals surface area contributed by atoms with Crippen LogP contribution in [0.2, 0.25) is 0 Å². The number of morpholine rings is 1. The van der Waals surface area contributed by atoms with Crippen LogP contribution in [0.15, 0.2) is 48.5 Å². The van der Waals surface area contributed by atoms with Gasteiger partial charge >= 0.3 is 0 Å². The molecule has 0 aliphatic carbocycles. The number of carbonyl (C=O) groups is 1. The lowest BCUT2D eigenvalue weighted by atomic mass is 10.2. The van der Waals surface area contributed by atoms with Crippen molar-refractivity contribution in [1.29, 1.82) is 0 Å². The van der Waals surface area contributed by atoms with Crippen molar-refractivity contribution in [2.75, 3.05) is 36.5 Å². The van der Waals surface area contributed by atoms with E-state index in [0.717, 1.165) is 43.2 Å². The van der Waals surface area contributed by atoms with Crippen molar-refractivity contribution in [3.05, 3.63) is 64.9 Å². The third kappa shape index (κ3) is 4.05. The maximum atomic E-state index is 13.1. The van der Waals surface area contributed by atoms with Gasteiger partial charge in [-0.2, -0.15) is 0 Å². The van der Waals surface area contributed by atoms with Gasteiger partial charge in [0.05, 0.1) is 18.9 Å². The van der Waals surface area contributed by atoms with Gasteiger partial charge in [0.2, 0.25) is 0 Å². The number of carbonyl (C=O) groups excluding carboxylic acids is 1. The van der Waals surface area contributed by atoms with E-state index >= 15 is 0 Å². The van der Waals surface area contributed by atoms with Gasteiger partial charge in [-0.3, -0.25) is 4.79 Å². The minimum Gasteiger partial charge on any atom is -0.378 e. The molecule has 4 rings (SSSR count). The molecular formula is C21H20FN3O2S. The van der Waals surface area contributed by atoms with Crippen LogP contribution >= 0.6 is 11.3 Å². The molecule has 1 saturated heterocycles. The molecule has 5 nitrogen and oxygen atoms in total. The molecule has 1 N–H and O–H groups in total. The van der Waals surface area contributed by atoms with Crippen molar-refractivity contribution in [2.45, 2.75) is 6.92 Å². The maximum absolute atomic E-state index is 13.1. The molecule has 7 heteroatoms. The first kappa shape index (κ1) is 18.6. The van der Waals surface area contributed by atoms with Crippen LogP contribution in [0.25, 0.3) is 10.6 Å². The van der Waals surface area contributed by atoms with Crippen LogP contribution in [-0.2, 0) is 4.74 Å². The Morgan fingerprint density at radius 2 is 1.79 bits per heavy atom. The van der Waals surface area contributed by atoms with E-state index in [1.807, 2.05) is 24.3 Å². The highest BCUT2D eigenvalue weighted by molar-refractivity contribution is 7.17. The number of aromatic nitrogens is 1. The van der Waals surface area contributed by atoms with Gasteiger partial charge in [0, 0.05) is 30.0 Å². The SMILES string of the molecule is Cc1nc(-c2ccc(F)cc2)sc1C(=O)Nc1ccc(N2CCOCC2)cc1. The Labute approximate surface area is 166 Å². The average Bonchev–Trinajstić information content (AvgIpc) is 3.11. The molecule has 1 aliphatic heterocycles. The van der Waals surface area contributed by atoms with Crippen molar-refractivity contribution in [1.82, 2.24) is 4.98 Å². The van der Waals surface area contributed by atoms with E-state index < -0.39 is 0 Å². The molecule has 0 bridgehead atoms. The Bertz CT molecular complexity index is 964. The molecule has 28 heavy (non-hydrogen) atoms. The number of hydrogen-bond donors (Lipinski definition) is 1. The second kappa shape index (κ2) is 8.08. The molecule has 3 aromatic rings. The summed E-state index contributed by atoms with van der Waals surface area (Å²) in [5.41, 5.74) is 3.31. The number of ether oxygens (including phenoxy) is 1. The number of thiazole rings is 1. The summed E-state index contributed by atoms with van der Waals surface area (Å²) < 4.78 is 18.5. The molecular weight excluding hydrogens is 377 g/mol. The van der Waals surface area contributed by atoms with Gasteiger partial charge in [0.25, 0.3) is 5.91 Å². The van der Waals surface area contributed by atoms with Crippen LogP contribution in [0.1, 0.15) is 15.4 Å². The first-order valence-electron chi connectivity index (χ1n) is 9.07. The molecule has 1 aliphatic rings. The summed E-state index contributed by atoms with van der Waals surface area (Å²) in [7, 11) is 0. The van der Waals surface area contributed by atoms with E-state index in [2.05, 4.69) is 15.2 Å². The fourth-order valence-corrected chi connectivity index (χ4v) is 4.05.